The van der Waals surface area contributed by atoms with Crippen LogP contribution >= 0.6 is 15.9 Å². The molecule has 21 heavy (non-hydrogen) atoms. The Balaban J connectivity index is 2.15. The number of ether oxygens (including phenoxy) is 1. The van der Waals surface area contributed by atoms with Crippen molar-refractivity contribution in [2.45, 2.75) is 12.3 Å². The van der Waals surface area contributed by atoms with E-state index in [1.165, 1.54) is 24.3 Å². The molecule has 0 fully saturated rings. The van der Waals surface area contributed by atoms with E-state index in [0.29, 0.717) is 23.2 Å². The van der Waals surface area contributed by atoms with Crippen molar-refractivity contribution in [3.8, 4) is 5.75 Å². The van der Waals surface area contributed by atoms with Crippen LogP contribution in [0.5, 0.6) is 5.75 Å². The van der Waals surface area contributed by atoms with Gasteiger partial charge in [-0.15, -0.1) is 0 Å². The molecule has 0 bridgehead atoms. The van der Waals surface area contributed by atoms with Crippen LogP contribution in [0.1, 0.15) is 22.8 Å². The van der Waals surface area contributed by atoms with Crippen molar-refractivity contribution in [2.24, 2.45) is 0 Å². The molecule has 0 aromatic heterocycles. The van der Waals surface area contributed by atoms with Crippen molar-refractivity contribution in [3.05, 3.63) is 59.4 Å². The maximum absolute atomic E-state index is 12.8. The lowest BCUT2D eigenvalue weighted by molar-refractivity contribution is 0.102. The monoisotopic (exact) mass is 351 g/mol. The Labute approximate surface area is 131 Å². The van der Waals surface area contributed by atoms with Crippen molar-refractivity contribution in [2.75, 3.05) is 11.9 Å². The van der Waals surface area contributed by atoms with Crippen LogP contribution in [0.25, 0.3) is 0 Å². The molecule has 0 heterocycles. The molecule has 0 aliphatic carbocycles. The molecule has 0 aliphatic heterocycles. The number of benzene rings is 2. The Morgan fingerprint density at radius 2 is 1.95 bits per heavy atom. The maximum atomic E-state index is 12.8. The number of carbonyl (C=O) groups excluding carboxylic acids is 1. The van der Waals surface area contributed by atoms with E-state index in [4.69, 9.17) is 4.74 Å². The van der Waals surface area contributed by atoms with Crippen LogP contribution in [0.4, 0.5) is 10.1 Å². The molecule has 1 N–H and O–H groups in total. The summed E-state index contributed by atoms with van der Waals surface area (Å²) in [6.45, 7) is 2.50. The molecule has 2 aromatic rings. The number of halogens is 2. The van der Waals surface area contributed by atoms with Crippen LogP contribution in [0.2, 0.25) is 0 Å². The van der Waals surface area contributed by atoms with Gasteiger partial charge in [0.2, 0.25) is 0 Å². The maximum Gasteiger partial charge on any atom is 0.255 e. The standard InChI is InChI=1S/C16H15BrFNO2/c1-2-21-15-8-7-14(9-12(15)10-17)19-16(20)11-3-5-13(18)6-4-11/h3-9H,2,10H2,1H3,(H,19,20). The van der Waals surface area contributed by atoms with Gasteiger partial charge >= 0.3 is 0 Å². The van der Waals surface area contributed by atoms with Gasteiger partial charge in [-0.25, -0.2) is 4.39 Å². The van der Waals surface area contributed by atoms with Crippen LogP contribution in [-0.4, -0.2) is 12.5 Å². The van der Waals surface area contributed by atoms with E-state index in [9.17, 15) is 9.18 Å². The Bertz CT molecular complexity index is 629. The van der Waals surface area contributed by atoms with Crippen molar-refractivity contribution in [3.63, 3.8) is 0 Å². The molecule has 0 saturated heterocycles. The minimum absolute atomic E-state index is 0.278. The second-order valence-electron chi connectivity index (χ2n) is 4.35. The summed E-state index contributed by atoms with van der Waals surface area (Å²) >= 11 is 3.40. The molecule has 2 rings (SSSR count). The van der Waals surface area contributed by atoms with Gasteiger partial charge in [-0.3, -0.25) is 4.79 Å². The number of hydrogen-bond donors (Lipinski definition) is 1. The third-order valence-corrected chi connectivity index (χ3v) is 3.47. The molecule has 5 heteroatoms. The lowest BCUT2D eigenvalue weighted by Crippen LogP contribution is -2.12. The van der Waals surface area contributed by atoms with Gasteiger partial charge in [-0.2, -0.15) is 0 Å². The first-order chi connectivity index (χ1) is 10.1. The van der Waals surface area contributed by atoms with E-state index in [1.807, 2.05) is 19.1 Å². The number of hydrogen-bond acceptors (Lipinski definition) is 2. The highest BCUT2D eigenvalue weighted by Gasteiger charge is 2.09. The number of amides is 1. The van der Waals surface area contributed by atoms with Gasteiger partial charge in [-0.05, 0) is 49.4 Å². The van der Waals surface area contributed by atoms with Crippen LogP contribution in [0, 0.1) is 5.82 Å². The van der Waals surface area contributed by atoms with Gasteiger partial charge in [0.05, 0.1) is 6.61 Å². The van der Waals surface area contributed by atoms with Crippen molar-refractivity contribution in [1.29, 1.82) is 0 Å². The van der Waals surface area contributed by atoms with Gasteiger partial charge in [0, 0.05) is 22.1 Å². The molecule has 0 spiro atoms. The average Bonchev–Trinajstić information content (AvgIpc) is 2.49. The van der Waals surface area contributed by atoms with Crippen LogP contribution in [0.15, 0.2) is 42.5 Å². The zero-order chi connectivity index (χ0) is 15.2. The average molecular weight is 352 g/mol. The fourth-order valence-corrected chi connectivity index (χ4v) is 2.30. The van der Waals surface area contributed by atoms with E-state index in [0.717, 1.165) is 11.3 Å². The molecule has 0 radical (unpaired) electrons. The SMILES string of the molecule is CCOc1ccc(NC(=O)c2ccc(F)cc2)cc1CBr. The summed E-state index contributed by atoms with van der Waals surface area (Å²) in [5.41, 5.74) is 2.03. The molecule has 1 amide bonds. The third-order valence-electron chi connectivity index (χ3n) is 2.87. The molecule has 0 unspecified atom stereocenters. The highest BCUT2D eigenvalue weighted by Crippen LogP contribution is 2.25. The van der Waals surface area contributed by atoms with E-state index < -0.39 is 0 Å². The molecule has 0 saturated carbocycles. The van der Waals surface area contributed by atoms with Gasteiger partial charge in [0.1, 0.15) is 11.6 Å². The molecular weight excluding hydrogens is 337 g/mol. The Kier molecular flexibility index (Phi) is 5.33. The summed E-state index contributed by atoms with van der Waals surface area (Å²) in [5, 5.41) is 3.41. The molecule has 3 nitrogen and oxygen atoms in total. The van der Waals surface area contributed by atoms with Crippen molar-refractivity contribution >= 4 is 27.5 Å². The lowest BCUT2D eigenvalue weighted by Gasteiger charge is -2.11. The summed E-state index contributed by atoms with van der Waals surface area (Å²) in [4.78, 5) is 12.1. The molecule has 110 valence electrons. The zero-order valence-corrected chi connectivity index (χ0v) is 13.1. The normalized spacial score (nSPS) is 10.2. The summed E-state index contributed by atoms with van der Waals surface area (Å²) in [5.74, 6) is 0.142. The topological polar surface area (TPSA) is 38.3 Å². The van der Waals surface area contributed by atoms with Crippen LogP contribution in [0.3, 0.4) is 0 Å². The van der Waals surface area contributed by atoms with Gasteiger partial charge in [0.25, 0.3) is 5.91 Å². The molecule has 0 aliphatic rings. The summed E-state index contributed by atoms with van der Waals surface area (Å²) in [6, 6.07) is 10.9. The summed E-state index contributed by atoms with van der Waals surface area (Å²) < 4.78 is 18.3. The quantitative estimate of drug-likeness (QED) is 0.812. The van der Waals surface area contributed by atoms with Crippen molar-refractivity contribution in [1.82, 2.24) is 0 Å². The first-order valence-corrected chi connectivity index (χ1v) is 7.64. The fourth-order valence-electron chi connectivity index (χ4n) is 1.86. The predicted octanol–water partition coefficient (Wildman–Crippen LogP) is 4.37. The molecule has 2 aromatic carbocycles. The van der Waals surface area contributed by atoms with Gasteiger partial charge < -0.3 is 10.1 Å². The number of nitrogens with one attached hydrogen (secondary N) is 1. The second kappa shape index (κ2) is 7.22. The predicted molar refractivity (Wildman–Crippen MR) is 84.6 cm³/mol. The zero-order valence-electron chi connectivity index (χ0n) is 11.5. The van der Waals surface area contributed by atoms with Gasteiger partial charge in [0.15, 0.2) is 0 Å². The Hall–Kier alpha value is -1.88. The smallest absolute Gasteiger partial charge is 0.255 e. The van der Waals surface area contributed by atoms with E-state index in [2.05, 4.69) is 21.2 Å². The fraction of sp³-hybridized carbons (Fsp3) is 0.188. The third kappa shape index (κ3) is 4.04. The van der Waals surface area contributed by atoms with E-state index in [-0.39, 0.29) is 11.7 Å². The Morgan fingerprint density at radius 3 is 2.57 bits per heavy atom. The van der Waals surface area contributed by atoms with E-state index >= 15 is 0 Å². The minimum atomic E-state index is -0.366. The summed E-state index contributed by atoms with van der Waals surface area (Å²) in [7, 11) is 0. The Morgan fingerprint density at radius 1 is 1.24 bits per heavy atom. The second-order valence-corrected chi connectivity index (χ2v) is 4.91. The minimum Gasteiger partial charge on any atom is -0.494 e. The van der Waals surface area contributed by atoms with Crippen LogP contribution < -0.4 is 10.1 Å². The number of alkyl halides is 1. The first kappa shape index (κ1) is 15.5. The van der Waals surface area contributed by atoms with Crippen LogP contribution in [-0.2, 0) is 5.33 Å². The summed E-state index contributed by atoms with van der Waals surface area (Å²) in [6.07, 6.45) is 0. The highest BCUT2D eigenvalue weighted by atomic mass is 79.9. The number of anilines is 1. The molecular formula is C16H15BrFNO2. The lowest BCUT2D eigenvalue weighted by atomic mass is 10.1. The molecule has 0 atom stereocenters. The number of rotatable bonds is 5. The number of carbonyl (C=O) groups is 1. The van der Waals surface area contributed by atoms with Gasteiger partial charge in [-0.1, -0.05) is 15.9 Å². The largest absolute Gasteiger partial charge is 0.494 e. The van der Waals surface area contributed by atoms with Crippen molar-refractivity contribution < 1.29 is 13.9 Å². The van der Waals surface area contributed by atoms with E-state index in [1.54, 1.807) is 6.07 Å². The highest BCUT2D eigenvalue weighted by molar-refractivity contribution is 9.08. The first-order valence-electron chi connectivity index (χ1n) is 6.52.